The van der Waals surface area contributed by atoms with Crippen molar-refractivity contribution >= 4 is 0 Å². The molecule has 1 atom stereocenters. The molecule has 0 aromatic heterocycles. The fraction of sp³-hybridized carbons (Fsp3) is 0.571. The van der Waals surface area contributed by atoms with Crippen LogP contribution in [0.15, 0.2) is 30.3 Å². The van der Waals surface area contributed by atoms with Crippen molar-refractivity contribution in [2.24, 2.45) is 5.73 Å². The van der Waals surface area contributed by atoms with Crippen molar-refractivity contribution in [2.75, 3.05) is 26.7 Å². The van der Waals surface area contributed by atoms with Crippen LogP contribution in [0.1, 0.15) is 18.4 Å². The lowest BCUT2D eigenvalue weighted by Crippen LogP contribution is -2.59. The predicted molar refractivity (Wildman–Crippen MR) is 71.8 cm³/mol. The molecule has 1 heterocycles. The molecular formula is C14H23N3. The van der Waals surface area contributed by atoms with Crippen molar-refractivity contribution in [2.45, 2.75) is 24.9 Å². The van der Waals surface area contributed by atoms with Gasteiger partial charge in [0.2, 0.25) is 0 Å². The van der Waals surface area contributed by atoms with E-state index in [1.807, 2.05) is 7.05 Å². The minimum Gasteiger partial charge on any atom is -0.329 e. The molecule has 1 aromatic carbocycles. The summed E-state index contributed by atoms with van der Waals surface area (Å²) in [5.74, 6) is 0. The molecule has 0 aliphatic carbocycles. The highest BCUT2D eigenvalue weighted by Crippen LogP contribution is 2.21. The Bertz CT molecular complexity index is 333. The van der Waals surface area contributed by atoms with E-state index in [9.17, 15) is 0 Å². The zero-order chi connectivity index (χ0) is 12.1. The molecule has 1 aromatic rings. The van der Waals surface area contributed by atoms with Gasteiger partial charge in [-0.25, -0.2) is 0 Å². The number of likely N-dealkylation sites (tertiary alicyclic amines) is 1. The van der Waals surface area contributed by atoms with Crippen LogP contribution in [0.4, 0.5) is 0 Å². The summed E-state index contributed by atoms with van der Waals surface area (Å²) in [4.78, 5) is 2.50. The summed E-state index contributed by atoms with van der Waals surface area (Å²) in [5.41, 5.74) is 7.42. The number of rotatable bonds is 4. The number of hydrogen-bond acceptors (Lipinski definition) is 3. The Labute approximate surface area is 104 Å². The molecule has 0 saturated carbocycles. The number of hydrogen-bond donors (Lipinski definition) is 2. The van der Waals surface area contributed by atoms with E-state index in [0.29, 0.717) is 0 Å². The second kappa shape index (κ2) is 5.63. The Morgan fingerprint density at radius 1 is 1.35 bits per heavy atom. The second-order valence-corrected chi connectivity index (χ2v) is 5.03. The fourth-order valence-corrected chi connectivity index (χ4v) is 2.68. The van der Waals surface area contributed by atoms with E-state index in [4.69, 9.17) is 5.73 Å². The lowest BCUT2D eigenvalue weighted by atomic mass is 9.89. The molecule has 0 spiro atoms. The van der Waals surface area contributed by atoms with Crippen LogP contribution in [0.2, 0.25) is 0 Å². The zero-order valence-corrected chi connectivity index (χ0v) is 10.7. The van der Waals surface area contributed by atoms with E-state index in [1.165, 1.54) is 24.9 Å². The van der Waals surface area contributed by atoms with Crippen LogP contribution < -0.4 is 11.1 Å². The van der Waals surface area contributed by atoms with Gasteiger partial charge in [0.15, 0.2) is 0 Å². The Balaban J connectivity index is 1.98. The molecule has 3 nitrogen and oxygen atoms in total. The summed E-state index contributed by atoms with van der Waals surface area (Å²) in [5, 5.41) is 3.42. The molecule has 1 unspecified atom stereocenters. The second-order valence-electron chi connectivity index (χ2n) is 5.03. The van der Waals surface area contributed by atoms with Gasteiger partial charge in [0, 0.05) is 25.2 Å². The van der Waals surface area contributed by atoms with Crippen LogP contribution in [-0.2, 0) is 6.54 Å². The lowest BCUT2D eigenvalue weighted by molar-refractivity contribution is 0.126. The highest BCUT2D eigenvalue weighted by Gasteiger charge is 2.32. The number of likely N-dealkylation sites (N-methyl/N-ethyl adjacent to an activating group) is 1. The number of benzene rings is 1. The van der Waals surface area contributed by atoms with Gasteiger partial charge in [-0.2, -0.15) is 0 Å². The fourth-order valence-electron chi connectivity index (χ4n) is 2.68. The van der Waals surface area contributed by atoms with Gasteiger partial charge in [0.1, 0.15) is 0 Å². The van der Waals surface area contributed by atoms with Crippen molar-refractivity contribution < 1.29 is 0 Å². The van der Waals surface area contributed by atoms with Crippen molar-refractivity contribution in [3.8, 4) is 0 Å². The zero-order valence-electron chi connectivity index (χ0n) is 10.7. The van der Waals surface area contributed by atoms with Crippen LogP contribution in [0.25, 0.3) is 0 Å². The summed E-state index contributed by atoms with van der Waals surface area (Å²) in [6.45, 7) is 3.98. The van der Waals surface area contributed by atoms with Gasteiger partial charge >= 0.3 is 0 Å². The largest absolute Gasteiger partial charge is 0.329 e. The Morgan fingerprint density at radius 3 is 2.76 bits per heavy atom. The molecule has 1 fully saturated rings. The van der Waals surface area contributed by atoms with Crippen LogP contribution >= 0.6 is 0 Å². The molecule has 2 rings (SSSR count). The van der Waals surface area contributed by atoms with E-state index in [0.717, 1.165) is 19.6 Å². The molecule has 0 amide bonds. The molecule has 1 saturated heterocycles. The van der Waals surface area contributed by atoms with Crippen LogP contribution in [-0.4, -0.2) is 37.1 Å². The summed E-state index contributed by atoms with van der Waals surface area (Å²) in [7, 11) is 2.03. The third kappa shape index (κ3) is 3.06. The normalized spacial score (nSPS) is 26.0. The summed E-state index contributed by atoms with van der Waals surface area (Å²) < 4.78 is 0. The molecule has 1 aliphatic heterocycles. The number of nitrogens with one attached hydrogen (secondary N) is 1. The minimum absolute atomic E-state index is 0.118. The van der Waals surface area contributed by atoms with E-state index >= 15 is 0 Å². The molecular weight excluding hydrogens is 210 g/mol. The van der Waals surface area contributed by atoms with E-state index in [-0.39, 0.29) is 5.54 Å². The van der Waals surface area contributed by atoms with Gasteiger partial charge in [-0.1, -0.05) is 30.3 Å². The third-order valence-electron chi connectivity index (χ3n) is 3.83. The maximum Gasteiger partial charge on any atom is 0.0430 e. The van der Waals surface area contributed by atoms with E-state index in [2.05, 4.69) is 40.5 Å². The number of piperidine rings is 1. The number of nitrogens with two attached hydrogens (primary N) is 1. The highest BCUT2D eigenvalue weighted by molar-refractivity contribution is 5.14. The molecule has 0 radical (unpaired) electrons. The van der Waals surface area contributed by atoms with E-state index < -0.39 is 0 Å². The average molecular weight is 233 g/mol. The SMILES string of the molecule is CNC1(CN)CCCN(Cc2ccccc2)C1. The third-order valence-corrected chi connectivity index (χ3v) is 3.83. The first-order valence-electron chi connectivity index (χ1n) is 6.43. The Hall–Kier alpha value is -0.900. The van der Waals surface area contributed by atoms with Gasteiger partial charge in [0.05, 0.1) is 0 Å². The first kappa shape index (κ1) is 12.6. The predicted octanol–water partition coefficient (Wildman–Crippen LogP) is 1.20. The van der Waals surface area contributed by atoms with Crippen LogP contribution in [0, 0.1) is 0 Å². The van der Waals surface area contributed by atoms with Crippen molar-refractivity contribution in [3.05, 3.63) is 35.9 Å². The quantitative estimate of drug-likeness (QED) is 0.821. The van der Waals surface area contributed by atoms with Crippen LogP contribution in [0.3, 0.4) is 0 Å². The first-order valence-corrected chi connectivity index (χ1v) is 6.43. The smallest absolute Gasteiger partial charge is 0.0430 e. The Kier molecular flexibility index (Phi) is 4.15. The van der Waals surface area contributed by atoms with Crippen molar-refractivity contribution in [3.63, 3.8) is 0 Å². The monoisotopic (exact) mass is 233 g/mol. The highest BCUT2D eigenvalue weighted by atomic mass is 15.2. The summed E-state index contributed by atoms with van der Waals surface area (Å²) in [6.07, 6.45) is 2.41. The van der Waals surface area contributed by atoms with Gasteiger partial charge in [-0.3, -0.25) is 4.90 Å². The Morgan fingerprint density at radius 2 is 2.12 bits per heavy atom. The minimum atomic E-state index is 0.118. The summed E-state index contributed by atoms with van der Waals surface area (Å²) >= 11 is 0. The van der Waals surface area contributed by atoms with Gasteiger partial charge < -0.3 is 11.1 Å². The summed E-state index contributed by atoms with van der Waals surface area (Å²) in [6, 6.07) is 10.7. The first-order chi connectivity index (χ1) is 8.28. The molecule has 3 heteroatoms. The topological polar surface area (TPSA) is 41.3 Å². The standard InChI is InChI=1S/C14H23N3/c1-16-14(11-15)8-5-9-17(12-14)10-13-6-3-2-4-7-13/h2-4,6-7,16H,5,8-12,15H2,1H3. The molecule has 94 valence electrons. The maximum absolute atomic E-state index is 5.92. The molecule has 17 heavy (non-hydrogen) atoms. The average Bonchev–Trinajstić information content (AvgIpc) is 2.40. The van der Waals surface area contributed by atoms with Crippen molar-refractivity contribution in [1.29, 1.82) is 0 Å². The maximum atomic E-state index is 5.92. The van der Waals surface area contributed by atoms with Gasteiger partial charge in [-0.15, -0.1) is 0 Å². The van der Waals surface area contributed by atoms with E-state index in [1.54, 1.807) is 0 Å². The van der Waals surface area contributed by atoms with Gasteiger partial charge in [0.25, 0.3) is 0 Å². The number of nitrogens with zero attached hydrogens (tertiary/aromatic N) is 1. The van der Waals surface area contributed by atoms with Gasteiger partial charge in [-0.05, 0) is 32.0 Å². The van der Waals surface area contributed by atoms with Crippen molar-refractivity contribution in [1.82, 2.24) is 10.2 Å². The molecule has 3 N–H and O–H groups in total. The molecule has 0 bridgehead atoms. The van der Waals surface area contributed by atoms with Crippen LogP contribution in [0.5, 0.6) is 0 Å². The lowest BCUT2D eigenvalue weighted by Gasteiger charge is -2.42. The molecule has 1 aliphatic rings.